The standard InChI is InChI=1S/C22H34FN5O/c1-6-24-22(26-13-14-28(16(2)3)17(4)5)25-12-11-20-15-29-21(27-20)18-7-9-19(23)10-8-18/h7-10,15-17H,6,11-14H2,1-5H3,(H2,24,25,26). The number of oxazole rings is 1. The molecule has 0 aliphatic carbocycles. The van der Waals surface area contributed by atoms with E-state index < -0.39 is 0 Å². The fraction of sp³-hybridized carbons (Fsp3) is 0.545. The van der Waals surface area contributed by atoms with Crippen LogP contribution in [0.15, 0.2) is 39.9 Å². The molecule has 1 heterocycles. The lowest BCUT2D eigenvalue weighted by atomic mass is 10.2. The van der Waals surface area contributed by atoms with E-state index in [0.29, 0.717) is 30.9 Å². The van der Waals surface area contributed by atoms with Crippen molar-refractivity contribution in [3.05, 3.63) is 42.0 Å². The van der Waals surface area contributed by atoms with E-state index in [0.717, 1.165) is 36.9 Å². The number of hydrogen-bond acceptors (Lipinski definition) is 4. The van der Waals surface area contributed by atoms with Gasteiger partial charge >= 0.3 is 0 Å². The van der Waals surface area contributed by atoms with Gasteiger partial charge in [-0.1, -0.05) is 0 Å². The third-order valence-corrected chi connectivity index (χ3v) is 4.62. The summed E-state index contributed by atoms with van der Waals surface area (Å²) in [5.74, 6) is 1.04. The molecule has 6 nitrogen and oxygen atoms in total. The topological polar surface area (TPSA) is 65.7 Å². The Hall–Kier alpha value is -2.41. The van der Waals surface area contributed by atoms with Gasteiger partial charge in [-0.3, -0.25) is 9.89 Å². The first-order valence-corrected chi connectivity index (χ1v) is 10.4. The van der Waals surface area contributed by atoms with Crippen LogP contribution in [0.5, 0.6) is 0 Å². The molecule has 0 fully saturated rings. The number of hydrogen-bond donors (Lipinski definition) is 2. The summed E-state index contributed by atoms with van der Waals surface area (Å²) in [6, 6.07) is 7.14. The Bertz CT molecular complexity index is 747. The molecule has 0 atom stereocenters. The fourth-order valence-corrected chi connectivity index (χ4v) is 3.19. The van der Waals surface area contributed by atoms with Crippen molar-refractivity contribution in [2.75, 3.05) is 26.2 Å². The molecule has 2 N–H and O–H groups in total. The lowest BCUT2D eigenvalue weighted by Gasteiger charge is -2.29. The molecule has 1 aromatic carbocycles. The van der Waals surface area contributed by atoms with Crippen LogP contribution in [0.25, 0.3) is 11.5 Å². The first-order valence-electron chi connectivity index (χ1n) is 10.4. The van der Waals surface area contributed by atoms with E-state index in [1.54, 1.807) is 18.4 Å². The van der Waals surface area contributed by atoms with Crippen molar-refractivity contribution in [3.63, 3.8) is 0 Å². The van der Waals surface area contributed by atoms with E-state index in [-0.39, 0.29) is 5.82 Å². The van der Waals surface area contributed by atoms with Crippen molar-refractivity contribution in [3.8, 4) is 11.5 Å². The quantitative estimate of drug-likeness (QED) is 0.468. The van der Waals surface area contributed by atoms with Gasteiger partial charge in [0, 0.05) is 43.7 Å². The molecule has 2 aromatic rings. The summed E-state index contributed by atoms with van der Waals surface area (Å²) in [5.41, 5.74) is 1.61. The van der Waals surface area contributed by atoms with Gasteiger partial charge in [-0.2, -0.15) is 0 Å². The van der Waals surface area contributed by atoms with E-state index in [1.807, 2.05) is 0 Å². The van der Waals surface area contributed by atoms with Gasteiger partial charge in [-0.15, -0.1) is 0 Å². The Balaban J connectivity index is 1.85. The minimum absolute atomic E-state index is 0.273. The molecule has 1 aromatic heterocycles. The van der Waals surface area contributed by atoms with Crippen molar-refractivity contribution in [2.45, 2.75) is 53.1 Å². The van der Waals surface area contributed by atoms with E-state index in [9.17, 15) is 4.39 Å². The van der Waals surface area contributed by atoms with E-state index in [2.05, 4.69) is 60.1 Å². The summed E-state index contributed by atoms with van der Waals surface area (Å²) >= 11 is 0. The number of nitrogens with one attached hydrogen (secondary N) is 2. The molecule has 0 saturated heterocycles. The second-order valence-electron chi connectivity index (χ2n) is 7.51. The third kappa shape index (κ3) is 7.49. The van der Waals surface area contributed by atoms with Crippen molar-refractivity contribution in [1.82, 2.24) is 20.5 Å². The molecular formula is C22H34FN5O. The van der Waals surface area contributed by atoms with Crippen molar-refractivity contribution < 1.29 is 8.81 Å². The predicted molar refractivity (Wildman–Crippen MR) is 117 cm³/mol. The molecule has 0 saturated carbocycles. The normalized spacial score (nSPS) is 12.2. The Kier molecular flexibility index (Phi) is 9.12. The lowest BCUT2D eigenvalue weighted by Crippen LogP contribution is -2.41. The SMILES string of the molecule is CCNC(=NCCN(C(C)C)C(C)C)NCCc1coc(-c2ccc(F)cc2)n1. The zero-order chi connectivity index (χ0) is 21.2. The molecule has 0 aliphatic heterocycles. The van der Waals surface area contributed by atoms with Crippen molar-refractivity contribution >= 4 is 5.96 Å². The maximum absolute atomic E-state index is 13.0. The molecule has 29 heavy (non-hydrogen) atoms. The summed E-state index contributed by atoms with van der Waals surface area (Å²) in [6.07, 6.45) is 2.35. The van der Waals surface area contributed by atoms with Crippen LogP contribution in [0.4, 0.5) is 4.39 Å². The Morgan fingerprint density at radius 1 is 1.14 bits per heavy atom. The maximum atomic E-state index is 13.0. The summed E-state index contributed by atoms with van der Waals surface area (Å²) < 4.78 is 18.6. The minimum atomic E-state index is -0.273. The van der Waals surface area contributed by atoms with Crippen molar-refractivity contribution in [2.24, 2.45) is 4.99 Å². The van der Waals surface area contributed by atoms with E-state index >= 15 is 0 Å². The number of rotatable bonds is 10. The van der Waals surface area contributed by atoms with Crippen LogP contribution < -0.4 is 10.6 Å². The summed E-state index contributed by atoms with van der Waals surface area (Å²) in [5, 5.41) is 6.63. The highest BCUT2D eigenvalue weighted by atomic mass is 19.1. The summed E-state index contributed by atoms with van der Waals surface area (Å²) in [7, 11) is 0. The van der Waals surface area contributed by atoms with Gasteiger partial charge in [0.2, 0.25) is 5.89 Å². The average Bonchev–Trinajstić information content (AvgIpc) is 3.14. The fourth-order valence-electron chi connectivity index (χ4n) is 3.19. The minimum Gasteiger partial charge on any atom is -0.444 e. The highest BCUT2D eigenvalue weighted by Gasteiger charge is 2.12. The van der Waals surface area contributed by atoms with Crippen LogP contribution in [0, 0.1) is 5.82 Å². The number of guanidine groups is 1. The highest BCUT2D eigenvalue weighted by molar-refractivity contribution is 5.79. The maximum Gasteiger partial charge on any atom is 0.226 e. The predicted octanol–water partition coefficient (Wildman–Crippen LogP) is 3.70. The molecule has 0 radical (unpaired) electrons. The molecule has 0 bridgehead atoms. The Morgan fingerprint density at radius 2 is 1.83 bits per heavy atom. The highest BCUT2D eigenvalue weighted by Crippen LogP contribution is 2.18. The van der Waals surface area contributed by atoms with Gasteiger partial charge in [0.15, 0.2) is 5.96 Å². The van der Waals surface area contributed by atoms with Crippen LogP contribution in [0.3, 0.4) is 0 Å². The van der Waals surface area contributed by atoms with E-state index in [1.165, 1.54) is 12.1 Å². The summed E-state index contributed by atoms with van der Waals surface area (Å²) in [6.45, 7) is 14.1. The molecular weight excluding hydrogens is 369 g/mol. The second-order valence-corrected chi connectivity index (χ2v) is 7.51. The number of aliphatic imine (C=N–C) groups is 1. The van der Waals surface area contributed by atoms with Crippen LogP contribution in [-0.2, 0) is 6.42 Å². The molecule has 2 rings (SSSR count). The number of nitrogens with zero attached hydrogens (tertiary/aromatic N) is 3. The van der Waals surface area contributed by atoms with Gasteiger partial charge in [0.25, 0.3) is 0 Å². The zero-order valence-electron chi connectivity index (χ0n) is 18.2. The van der Waals surface area contributed by atoms with Crippen LogP contribution in [0.2, 0.25) is 0 Å². The zero-order valence-corrected chi connectivity index (χ0v) is 18.2. The van der Waals surface area contributed by atoms with Gasteiger partial charge in [0.05, 0.1) is 12.2 Å². The number of benzene rings is 1. The largest absolute Gasteiger partial charge is 0.444 e. The third-order valence-electron chi connectivity index (χ3n) is 4.62. The number of aromatic nitrogens is 1. The smallest absolute Gasteiger partial charge is 0.226 e. The average molecular weight is 404 g/mol. The lowest BCUT2D eigenvalue weighted by molar-refractivity contribution is 0.181. The van der Waals surface area contributed by atoms with Gasteiger partial charge in [-0.05, 0) is 58.9 Å². The van der Waals surface area contributed by atoms with Crippen LogP contribution in [0.1, 0.15) is 40.3 Å². The van der Waals surface area contributed by atoms with Crippen LogP contribution in [-0.4, -0.2) is 54.1 Å². The monoisotopic (exact) mass is 403 g/mol. The van der Waals surface area contributed by atoms with Gasteiger partial charge in [0.1, 0.15) is 12.1 Å². The Labute approximate surface area is 173 Å². The molecule has 7 heteroatoms. The molecule has 160 valence electrons. The molecule has 0 amide bonds. The van der Waals surface area contributed by atoms with Gasteiger partial charge in [-0.25, -0.2) is 9.37 Å². The Morgan fingerprint density at radius 3 is 2.45 bits per heavy atom. The molecule has 0 aliphatic rings. The first kappa shape index (κ1) is 22.9. The number of halogens is 1. The van der Waals surface area contributed by atoms with Crippen molar-refractivity contribution in [1.29, 1.82) is 0 Å². The van der Waals surface area contributed by atoms with E-state index in [4.69, 9.17) is 4.42 Å². The summed E-state index contributed by atoms with van der Waals surface area (Å²) in [4.78, 5) is 11.6. The molecule has 0 spiro atoms. The molecule has 0 unspecified atom stereocenters. The second kappa shape index (κ2) is 11.6. The van der Waals surface area contributed by atoms with Gasteiger partial charge < -0.3 is 15.1 Å². The van der Waals surface area contributed by atoms with Crippen LogP contribution >= 0.6 is 0 Å². The first-order chi connectivity index (χ1) is 13.9.